The van der Waals surface area contributed by atoms with Crippen molar-refractivity contribution in [1.82, 2.24) is 9.88 Å². The molecule has 0 radical (unpaired) electrons. The van der Waals surface area contributed by atoms with Crippen LogP contribution in [0.5, 0.6) is 0 Å². The van der Waals surface area contributed by atoms with Crippen LogP contribution < -0.4 is 0 Å². The Kier molecular flexibility index (Phi) is 9.48. The van der Waals surface area contributed by atoms with Gasteiger partial charge in [0, 0.05) is 23.6 Å². The predicted molar refractivity (Wildman–Crippen MR) is 126 cm³/mol. The Morgan fingerprint density at radius 3 is 2.70 bits per heavy atom. The first kappa shape index (κ1) is 23.5. The first-order valence-electron chi connectivity index (χ1n) is 10.2. The number of benzene rings is 1. The molecule has 0 bridgehead atoms. The first-order valence-corrected chi connectivity index (χ1v) is 10.6. The van der Waals surface area contributed by atoms with Crippen LogP contribution in [0.4, 0.5) is 4.39 Å². The number of nitrogens with one attached hydrogen (secondary N) is 1. The van der Waals surface area contributed by atoms with Gasteiger partial charge in [0.05, 0.1) is 17.9 Å². The van der Waals surface area contributed by atoms with Crippen molar-refractivity contribution in [3.05, 3.63) is 66.0 Å². The number of nitrogens with zero attached hydrogens (tertiary/aromatic N) is 1. The highest BCUT2D eigenvalue weighted by Crippen LogP contribution is 2.31. The standard InChI is InChI=1S/C20H22N2O2S.C4H7F/c1-3-8-18(23)22-12-7-10-15-14-9-5-6-11-17(14)21-19(15)16(13-22)20(25)24-4-2;1-2-3-4-5/h3,5-6,8-9,11,13,21H,4,7,10,12H2,1-2H3;2-3H,4H2,1H3/b8-3+,16-13+;3-2-. The molecule has 1 aliphatic rings. The molecule has 1 aromatic heterocycles. The Balaban J connectivity index is 0.000000575. The van der Waals surface area contributed by atoms with E-state index >= 15 is 0 Å². The number of alkyl halides is 1. The number of hydrogen-bond donors (Lipinski definition) is 1. The number of thiocarbonyl (C=S) groups is 1. The number of rotatable bonds is 4. The Hall–Kier alpha value is -2.73. The van der Waals surface area contributed by atoms with E-state index in [1.165, 1.54) is 17.0 Å². The van der Waals surface area contributed by atoms with E-state index in [2.05, 4.69) is 17.1 Å². The molecule has 0 spiro atoms. The van der Waals surface area contributed by atoms with Crippen LogP contribution in [-0.4, -0.2) is 40.7 Å². The second-order valence-corrected chi connectivity index (χ2v) is 7.02. The van der Waals surface area contributed by atoms with Gasteiger partial charge in [0.25, 0.3) is 0 Å². The highest BCUT2D eigenvalue weighted by Gasteiger charge is 2.23. The van der Waals surface area contributed by atoms with E-state index in [-0.39, 0.29) is 12.6 Å². The zero-order chi connectivity index (χ0) is 21.9. The molecule has 0 saturated heterocycles. The molecule has 0 unspecified atom stereocenters. The molecule has 3 rings (SSSR count). The summed E-state index contributed by atoms with van der Waals surface area (Å²) in [5.74, 6) is -0.0427. The van der Waals surface area contributed by atoms with Crippen LogP contribution in [0.15, 0.2) is 54.8 Å². The van der Waals surface area contributed by atoms with E-state index in [9.17, 15) is 9.18 Å². The second kappa shape index (κ2) is 12.1. The van der Waals surface area contributed by atoms with Gasteiger partial charge in [-0.15, -0.1) is 0 Å². The van der Waals surface area contributed by atoms with Crippen molar-refractivity contribution >= 4 is 39.7 Å². The van der Waals surface area contributed by atoms with Gasteiger partial charge in [-0.3, -0.25) is 4.79 Å². The maximum atomic E-state index is 12.4. The van der Waals surface area contributed by atoms with Gasteiger partial charge < -0.3 is 14.6 Å². The lowest BCUT2D eigenvalue weighted by Crippen LogP contribution is -2.28. The molecule has 4 nitrogen and oxygen atoms in total. The van der Waals surface area contributed by atoms with Crippen LogP contribution in [0.3, 0.4) is 0 Å². The molecule has 160 valence electrons. The largest absolute Gasteiger partial charge is 0.483 e. The summed E-state index contributed by atoms with van der Waals surface area (Å²) in [5.41, 5.74) is 4.03. The number of H-pyrrole nitrogens is 1. The third-order valence-corrected chi connectivity index (χ3v) is 4.94. The summed E-state index contributed by atoms with van der Waals surface area (Å²) in [6.45, 7) is 6.35. The lowest BCUT2D eigenvalue weighted by Gasteiger charge is -2.22. The minimum Gasteiger partial charge on any atom is -0.483 e. The number of aromatic nitrogens is 1. The third kappa shape index (κ3) is 5.89. The van der Waals surface area contributed by atoms with Gasteiger partial charge in [0.15, 0.2) is 5.05 Å². The molecular weight excluding hydrogens is 399 g/mol. The summed E-state index contributed by atoms with van der Waals surface area (Å²) >= 11 is 5.50. The highest BCUT2D eigenvalue weighted by atomic mass is 32.1. The SMILES string of the molecule is C/C=C/C(=O)N1/C=C(/C(=S)OCC)c2[nH]c3ccccc3c2CCC1.C/C=C\CF. The topological polar surface area (TPSA) is 45.3 Å². The molecule has 0 fully saturated rings. The normalized spacial score (nSPS) is 15.7. The van der Waals surface area contributed by atoms with Crippen molar-refractivity contribution in [2.24, 2.45) is 0 Å². The average molecular weight is 429 g/mol. The summed E-state index contributed by atoms with van der Waals surface area (Å²) in [4.78, 5) is 17.6. The molecule has 30 heavy (non-hydrogen) atoms. The van der Waals surface area contributed by atoms with Crippen molar-refractivity contribution < 1.29 is 13.9 Å². The number of aryl methyl sites for hydroxylation is 1. The summed E-state index contributed by atoms with van der Waals surface area (Å²) in [7, 11) is 0. The third-order valence-electron chi connectivity index (χ3n) is 4.61. The number of carbonyl (C=O) groups is 1. The fourth-order valence-electron chi connectivity index (χ4n) is 3.27. The lowest BCUT2D eigenvalue weighted by atomic mass is 10.00. The van der Waals surface area contributed by atoms with Gasteiger partial charge in [-0.1, -0.05) is 36.4 Å². The molecule has 6 heteroatoms. The Labute approximate surface area is 183 Å². The number of amides is 1. The van der Waals surface area contributed by atoms with Crippen LogP contribution >= 0.6 is 12.2 Å². The predicted octanol–water partition coefficient (Wildman–Crippen LogP) is 5.76. The van der Waals surface area contributed by atoms with Gasteiger partial charge in [0.2, 0.25) is 5.91 Å². The maximum Gasteiger partial charge on any atom is 0.250 e. The molecule has 1 N–H and O–H groups in total. The van der Waals surface area contributed by atoms with Gasteiger partial charge >= 0.3 is 0 Å². The van der Waals surface area contributed by atoms with Gasteiger partial charge in [-0.05, 0) is 63.5 Å². The number of ether oxygens (including phenoxy) is 1. The number of halogens is 1. The van der Waals surface area contributed by atoms with Crippen LogP contribution in [0.25, 0.3) is 16.5 Å². The van der Waals surface area contributed by atoms with Gasteiger partial charge in [-0.2, -0.15) is 0 Å². The van der Waals surface area contributed by atoms with Crippen molar-refractivity contribution in [3.63, 3.8) is 0 Å². The zero-order valence-corrected chi connectivity index (χ0v) is 18.6. The van der Waals surface area contributed by atoms with E-state index in [1.54, 1.807) is 30.1 Å². The Morgan fingerprint density at radius 2 is 2.07 bits per heavy atom. The van der Waals surface area contributed by atoms with Crippen molar-refractivity contribution in [3.8, 4) is 0 Å². The minimum atomic E-state index is -0.337. The summed E-state index contributed by atoms with van der Waals surface area (Å²) in [5, 5.41) is 1.62. The number of aromatic amines is 1. The number of allylic oxidation sites excluding steroid dienone is 3. The summed E-state index contributed by atoms with van der Waals surface area (Å²) in [6, 6.07) is 8.24. The first-order chi connectivity index (χ1) is 14.6. The van der Waals surface area contributed by atoms with Crippen LogP contribution in [0, 0.1) is 0 Å². The summed E-state index contributed by atoms with van der Waals surface area (Å²) in [6.07, 6.45) is 10.1. The van der Waals surface area contributed by atoms with Crippen LogP contribution in [-0.2, 0) is 16.0 Å². The van der Waals surface area contributed by atoms with Crippen LogP contribution in [0.2, 0.25) is 0 Å². The highest BCUT2D eigenvalue weighted by molar-refractivity contribution is 7.81. The van der Waals surface area contributed by atoms with E-state index in [0.717, 1.165) is 29.6 Å². The van der Waals surface area contributed by atoms with E-state index in [1.807, 2.05) is 32.2 Å². The Morgan fingerprint density at radius 1 is 1.30 bits per heavy atom. The molecular formula is C24H29FN2O2S. The monoisotopic (exact) mass is 428 g/mol. The van der Waals surface area contributed by atoms with Crippen LogP contribution in [0.1, 0.15) is 38.4 Å². The summed E-state index contributed by atoms with van der Waals surface area (Å²) < 4.78 is 16.5. The number of para-hydroxylation sites is 1. The quantitative estimate of drug-likeness (QED) is 0.383. The fourth-order valence-corrected chi connectivity index (χ4v) is 3.54. The molecule has 2 heterocycles. The minimum absolute atomic E-state index is 0.0427. The smallest absolute Gasteiger partial charge is 0.250 e. The van der Waals surface area contributed by atoms with Crippen molar-refractivity contribution in [1.29, 1.82) is 0 Å². The average Bonchev–Trinajstić information content (AvgIpc) is 3.07. The Bertz CT molecular complexity index is 959. The number of hydrogen-bond acceptors (Lipinski definition) is 3. The van der Waals surface area contributed by atoms with E-state index in [4.69, 9.17) is 17.0 Å². The van der Waals surface area contributed by atoms with E-state index in [0.29, 0.717) is 18.2 Å². The van der Waals surface area contributed by atoms with Crippen molar-refractivity contribution in [2.45, 2.75) is 33.6 Å². The van der Waals surface area contributed by atoms with Crippen molar-refractivity contribution in [2.75, 3.05) is 19.8 Å². The van der Waals surface area contributed by atoms with Gasteiger partial charge in [0.1, 0.15) is 6.67 Å². The number of carbonyl (C=O) groups excluding carboxylic acids is 1. The molecule has 1 aromatic carbocycles. The van der Waals surface area contributed by atoms with Gasteiger partial charge in [-0.25, -0.2) is 4.39 Å². The molecule has 1 amide bonds. The molecule has 0 atom stereocenters. The zero-order valence-electron chi connectivity index (χ0n) is 17.8. The fraction of sp³-hybridized carbons (Fsp3) is 0.333. The molecule has 0 saturated carbocycles. The lowest BCUT2D eigenvalue weighted by molar-refractivity contribution is -0.123. The molecule has 0 aliphatic carbocycles. The molecule has 2 aromatic rings. The van der Waals surface area contributed by atoms with E-state index < -0.39 is 0 Å². The maximum absolute atomic E-state index is 12.4. The molecule has 1 aliphatic heterocycles. The second-order valence-electron chi connectivity index (χ2n) is 6.65. The number of fused-ring (bicyclic) bond motifs is 3.